The Kier molecular flexibility index (Phi) is 4.97. The molecule has 4 atom stereocenters. The maximum atomic E-state index is 12.5. The molecule has 8 heteroatoms. The summed E-state index contributed by atoms with van der Waals surface area (Å²) >= 11 is 7.89. The third-order valence-corrected chi connectivity index (χ3v) is 6.52. The second kappa shape index (κ2) is 6.88. The largest absolute Gasteiger partial charge is 0.467 e. The van der Waals surface area contributed by atoms with E-state index in [0.29, 0.717) is 5.75 Å². The SMILES string of the molecule is COC(=O)C1N2C(=O)C(NC(=O)Cc3ccccc3)[C@@H]2SCC1(C)Cl. The molecule has 0 bridgehead atoms. The number of nitrogens with one attached hydrogen (secondary N) is 1. The molecule has 2 aliphatic rings. The van der Waals surface area contributed by atoms with E-state index in [4.69, 9.17) is 16.3 Å². The molecule has 1 aromatic carbocycles. The third kappa shape index (κ3) is 3.35. The van der Waals surface area contributed by atoms with Gasteiger partial charge in [-0.1, -0.05) is 30.3 Å². The van der Waals surface area contributed by atoms with Gasteiger partial charge in [0.2, 0.25) is 11.8 Å². The van der Waals surface area contributed by atoms with Crippen LogP contribution in [-0.2, 0) is 25.5 Å². The van der Waals surface area contributed by atoms with Crippen molar-refractivity contribution in [3.63, 3.8) is 0 Å². The van der Waals surface area contributed by atoms with Gasteiger partial charge in [0.05, 0.1) is 18.4 Å². The van der Waals surface area contributed by atoms with Gasteiger partial charge in [0.1, 0.15) is 11.4 Å². The average molecular weight is 383 g/mol. The molecule has 0 saturated carbocycles. The quantitative estimate of drug-likeness (QED) is 0.480. The van der Waals surface area contributed by atoms with E-state index in [1.807, 2.05) is 30.3 Å². The number of methoxy groups -OCH3 is 1. The van der Waals surface area contributed by atoms with Crippen LogP contribution in [0.2, 0.25) is 0 Å². The molecular weight excluding hydrogens is 364 g/mol. The number of thioether (sulfide) groups is 1. The van der Waals surface area contributed by atoms with Crippen LogP contribution in [0.15, 0.2) is 30.3 Å². The fourth-order valence-electron chi connectivity index (χ4n) is 3.16. The summed E-state index contributed by atoms with van der Waals surface area (Å²) in [6.07, 6.45) is 0.204. The van der Waals surface area contributed by atoms with Crippen molar-refractivity contribution in [1.82, 2.24) is 10.2 Å². The molecule has 2 fully saturated rings. The lowest BCUT2D eigenvalue weighted by molar-refractivity contribution is -0.165. The minimum absolute atomic E-state index is 0.204. The monoisotopic (exact) mass is 382 g/mol. The number of amides is 2. The Morgan fingerprint density at radius 2 is 2.08 bits per heavy atom. The number of hydrogen-bond acceptors (Lipinski definition) is 5. The Labute approximate surface area is 155 Å². The van der Waals surface area contributed by atoms with Crippen molar-refractivity contribution < 1.29 is 19.1 Å². The van der Waals surface area contributed by atoms with E-state index in [2.05, 4.69) is 5.32 Å². The van der Waals surface area contributed by atoms with Crippen molar-refractivity contribution in [1.29, 1.82) is 0 Å². The molecule has 2 aliphatic heterocycles. The number of β-lactam (4-membered cyclic amide) rings is 1. The molecular formula is C17H19ClN2O4S. The van der Waals surface area contributed by atoms with Gasteiger partial charge in [-0.3, -0.25) is 9.59 Å². The lowest BCUT2D eigenvalue weighted by Gasteiger charge is -2.56. The molecule has 2 amide bonds. The highest BCUT2D eigenvalue weighted by Crippen LogP contribution is 2.45. The summed E-state index contributed by atoms with van der Waals surface area (Å²) < 4.78 is 4.81. The molecule has 3 unspecified atom stereocenters. The van der Waals surface area contributed by atoms with Gasteiger partial charge in [-0.05, 0) is 12.5 Å². The number of benzene rings is 1. The predicted molar refractivity (Wildman–Crippen MR) is 95.2 cm³/mol. The van der Waals surface area contributed by atoms with Crippen molar-refractivity contribution >= 4 is 41.1 Å². The lowest BCUT2D eigenvalue weighted by atomic mass is 9.94. The van der Waals surface area contributed by atoms with E-state index in [1.165, 1.54) is 23.8 Å². The van der Waals surface area contributed by atoms with Gasteiger partial charge in [-0.2, -0.15) is 0 Å². The summed E-state index contributed by atoms with van der Waals surface area (Å²) in [7, 11) is 1.27. The molecule has 134 valence electrons. The van der Waals surface area contributed by atoms with E-state index in [9.17, 15) is 14.4 Å². The standard InChI is InChI=1S/C17H19ClN2O4S/c1-17(18)9-25-15-12(14(22)20(15)13(17)16(23)24-2)19-11(21)8-10-6-4-3-5-7-10/h3-7,12-13,15H,8-9H2,1-2H3,(H,19,21)/t12?,13?,15-,17?/m0/s1. The first-order valence-electron chi connectivity index (χ1n) is 7.89. The smallest absolute Gasteiger partial charge is 0.330 e. The van der Waals surface area contributed by atoms with Crippen molar-refractivity contribution in [2.24, 2.45) is 0 Å². The fourth-order valence-corrected chi connectivity index (χ4v) is 4.96. The van der Waals surface area contributed by atoms with Crippen LogP contribution >= 0.6 is 23.4 Å². The molecule has 0 aliphatic carbocycles. The van der Waals surface area contributed by atoms with E-state index < -0.39 is 22.9 Å². The van der Waals surface area contributed by atoms with E-state index in [-0.39, 0.29) is 23.6 Å². The van der Waals surface area contributed by atoms with Crippen LogP contribution in [0, 0.1) is 0 Å². The fraction of sp³-hybridized carbons (Fsp3) is 0.471. The minimum atomic E-state index is -0.900. The molecule has 2 heterocycles. The Balaban J connectivity index is 1.68. The van der Waals surface area contributed by atoms with Crippen LogP contribution in [0.1, 0.15) is 12.5 Å². The van der Waals surface area contributed by atoms with Crippen LogP contribution in [0.5, 0.6) is 0 Å². The molecule has 0 radical (unpaired) electrons. The highest BCUT2D eigenvalue weighted by molar-refractivity contribution is 8.00. The van der Waals surface area contributed by atoms with Crippen LogP contribution < -0.4 is 5.32 Å². The molecule has 2 saturated heterocycles. The Morgan fingerprint density at radius 1 is 1.40 bits per heavy atom. The van der Waals surface area contributed by atoms with E-state index >= 15 is 0 Å². The number of carbonyl (C=O) groups excluding carboxylic acids is 3. The molecule has 0 aromatic heterocycles. The number of rotatable bonds is 4. The van der Waals surface area contributed by atoms with Gasteiger partial charge < -0.3 is 15.0 Å². The zero-order valence-corrected chi connectivity index (χ0v) is 15.5. The van der Waals surface area contributed by atoms with Crippen molar-refractivity contribution in [2.45, 2.75) is 35.7 Å². The number of fused-ring (bicyclic) bond motifs is 1. The molecule has 1 N–H and O–H groups in total. The summed E-state index contributed by atoms with van der Waals surface area (Å²) in [5, 5.41) is 2.47. The zero-order chi connectivity index (χ0) is 18.2. The number of nitrogens with zero attached hydrogens (tertiary/aromatic N) is 1. The number of alkyl halides is 1. The van der Waals surface area contributed by atoms with Crippen LogP contribution in [0.25, 0.3) is 0 Å². The van der Waals surface area contributed by atoms with Gasteiger partial charge in [-0.15, -0.1) is 23.4 Å². The van der Waals surface area contributed by atoms with E-state index in [1.54, 1.807) is 6.92 Å². The maximum Gasteiger partial charge on any atom is 0.330 e. The summed E-state index contributed by atoms with van der Waals surface area (Å²) in [6, 6.07) is 7.83. The Morgan fingerprint density at radius 3 is 2.72 bits per heavy atom. The predicted octanol–water partition coefficient (Wildman–Crippen LogP) is 1.17. The summed E-state index contributed by atoms with van der Waals surface area (Å²) in [5.74, 6) is -0.585. The normalized spacial score (nSPS) is 30.9. The van der Waals surface area contributed by atoms with Gasteiger partial charge >= 0.3 is 5.97 Å². The third-order valence-electron chi connectivity index (χ3n) is 4.41. The molecule has 3 rings (SSSR count). The topological polar surface area (TPSA) is 75.7 Å². The average Bonchev–Trinajstić information content (AvgIpc) is 2.59. The number of esters is 1. The van der Waals surface area contributed by atoms with Crippen molar-refractivity contribution in [3.8, 4) is 0 Å². The second-order valence-electron chi connectivity index (χ2n) is 6.36. The molecule has 1 aromatic rings. The first-order chi connectivity index (χ1) is 11.8. The molecule has 6 nitrogen and oxygen atoms in total. The van der Waals surface area contributed by atoms with Crippen molar-refractivity contribution in [2.75, 3.05) is 12.9 Å². The summed E-state index contributed by atoms with van der Waals surface area (Å²) in [6.45, 7) is 1.72. The Bertz CT molecular complexity index is 697. The molecule has 25 heavy (non-hydrogen) atoms. The van der Waals surface area contributed by atoms with Crippen LogP contribution in [-0.4, -0.2) is 57.9 Å². The van der Waals surface area contributed by atoms with Gasteiger partial charge in [0, 0.05) is 5.75 Å². The summed E-state index contributed by atoms with van der Waals surface area (Å²) in [4.78, 5) is 37.4. The van der Waals surface area contributed by atoms with Crippen LogP contribution in [0.3, 0.4) is 0 Å². The number of ether oxygens (including phenoxy) is 1. The van der Waals surface area contributed by atoms with Crippen molar-refractivity contribution in [3.05, 3.63) is 35.9 Å². The second-order valence-corrected chi connectivity index (χ2v) is 8.33. The maximum absolute atomic E-state index is 12.5. The van der Waals surface area contributed by atoms with Gasteiger partial charge in [-0.25, -0.2) is 4.79 Å². The highest BCUT2D eigenvalue weighted by Gasteiger charge is 2.61. The van der Waals surface area contributed by atoms with Gasteiger partial charge in [0.15, 0.2) is 6.04 Å². The highest BCUT2D eigenvalue weighted by atomic mass is 35.5. The first-order valence-corrected chi connectivity index (χ1v) is 9.31. The number of carbonyl (C=O) groups is 3. The molecule has 0 spiro atoms. The van der Waals surface area contributed by atoms with Crippen LogP contribution in [0.4, 0.5) is 0 Å². The number of hydrogen-bond donors (Lipinski definition) is 1. The minimum Gasteiger partial charge on any atom is -0.467 e. The Hall–Kier alpha value is -1.73. The van der Waals surface area contributed by atoms with Gasteiger partial charge in [0.25, 0.3) is 0 Å². The lowest BCUT2D eigenvalue weighted by Crippen LogP contribution is -2.78. The summed E-state index contributed by atoms with van der Waals surface area (Å²) in [5.41, 5.74) is 0.876. The first kappa shape index (κ1) is 18.1. The van der Waals surface area contributed by atoms with E-state index in [0.717, 1.165) is 5.56 Å². The zero-order valence-electron chi connectivity index (χ0n) is 13.9. The number of halogens is 1.